The molecule has 0 bridgehead atoms. The maximum atomic E-state index is 5.96. The van der Waals surface area contributed by atoms with Gasteiger partial charge in [-0.05, 0) is 31.5 Å². The number of thiazole rings is 1. The van der Waals surface area contributed by atoms with Gasteiger partial charge in [0.2, 0.25) is 0 Å². The van der Waals surface area contributed by atoms with Crippen molar-refractivity contribution in [2.24, 2.45) is 0 Å². The fraction of sp³-hybridized carbons (Fsp3) is 0.308. The summed E-state index contributed by atoms with van der Waals surface area (Å²) < 4.78 is 5.54. The quantitative estimate of drug-likeness (QED) is 0.842. The van der Waals surface area contributed by atoms with Crippen LogP contribution in [-0.4, -0.2) is 11.6 Å². The summed E-state index contributed by atoms with van der Waals surface area (Å²) in [6, 6.07) is 5.83. The van der Waals surface area contributed by atoms with Crippen molar-refractivity contribution in [1.82, 2.24) is 4.98 Å². The van der Waals surface area contributed by atoms with Gasteiger partial charge in [0.05, 0.1) is 12.3 Å². The Bertz CT molecular complexity index is 508. The molecule has 17 heavy (non-hydrogen) atoms. The average Bonchev–Trinajstić information content (AvgIpc) is 2.74. The van der Waals surface area contributed by atoms with Crippen LogP contribution in [0.1, 0.15) is 18.2 Å². The van der Waals surface area contributed by atoms with E-state index in [1.807, 2.05) is 31.3 Å². The predicted molar refractivity (Wildman–Crippen MR) is 72.5 cm³/mol. The minimum atomic E-state index is 0.670. The van der Waals surface area contributed by atoms with Gasteiger partial charge in [-0.1, -0.05) is 6.92 Å². The Kier molecular flexibility index (Phi) is 3.64. The number of aromatic nitrogens is 1. The number of anilines is 1. The van der Waals surface area contributed by atoms with Gasteiger partial charge in [0.25, 0.3) is 0 Å². The van der Waals surface area contributed by atoms with Gasteiger partial charge in [0.15, 0.2) is 0 Å². The van der Waals surface area contributed by atoms with Gasteiger partial charge >= 0.3 is 0 Å². The number of nitrogen functional groups attached to an aromatic ring is 1. The molecular weight excluding hydrogens is 232 g/mol. The van der Waals surface area contributed by atoms with Crippen molar-refractivity contribution in [3.05, 3.63) is 29.3 Å². The van der Waals surface area contributed by atoms with Crippen molar-refractivity contribution >= 4 is 17.0 Å². The van der Waals surface area contributed by atoms with Crippen molar-refractivity contribution < 1.29 is 4.74 Å². The van der Waals surface area contributed by atoms with Crippen LogP contribution in [0.5, 0.6) is 5.75 Å². The summed E-state index contributed by atoms with van der Waals surface area (Å²) in [6.45, 7) is 4.81. The summed E-state index contributed by atoms with van der Waals surface area (Å²) in [4.78, 5) is 5.54. The monoisotopic (exact) mass is 248 g/mol. The molecule has 0 saturated carbocycles. The second-order valence-electron chi connectivity index (χ2n) is 3.88. The lowest BCUT2D eigenvalue weighted by molar-refractivity contribution is 0.319. The van der Waals surface area contributed by atoms with E-state index >= 15 is 0 Å². The summed E-state index contributed by atoms with van der Waals surface area (Å²) in [5, 5.41) is 0.997. The SMILES string of the molecule is CCCOc1ccc(-c2ncc(C)s2)cc1N. The summed E-state index contributed by atoms with van der Waals surface area (Å²) in [6.07, 6.45) is 2.85. The minimum absolute atomic E-state index is 0.670. The van der Waals surface area contributed by atoms with E-state index in [9.17, 15) is 0 Å². The number of benzene rings is 1. The lowest BCUT2D eigenvalue weighted by Gasteiger charge is -2.08. The molecule has 90 valence electrons. The first-order valence-corrected chi connectivity index (χ1v) is 6.47. The lowest BCUT2D eigenvalue weighted by Crippen LogP contribution is -1.98. The molecule has 2 N–H and O–H groups in total. The Labute approximate surface area is 105 Å². The third kappa shape index (κ3) is 2.77. The molecule has 0 saturated heterocycles. The van der Waals surface area contributed by atoms with E-state index in [4.69, 9.17) is 10.5 Å². The molecule has 0 aliphatic carbocycles. The van der Waals surface area contributed by atoms with Crippen LogP contribution in [0.3, 0.4) is 0 Å². The van der Waals surface area contributed by atoms with Crippen LogP contribution in [0, 0.1) is 6.92 Å². The second kappa shape index (κ2) is 5.19. The predicted octanol–water partition coefficient (Wildman–Crippen LogP) is 3.49. The molecule has 3 nitrogen and oxygen atoms in total. The van der Waals surface area contributed by atoms with Crippen LogP contribution in [0.4, 0.5) is 5.69 Å². The Morgan fingerprint density at radius 3 is 2.82 bits per heavy atom. The number of nitrogens with zero attached hydrogens (tertiary/aromatic N) is 1. The van der Waals surface area contributed by atoms with Crippen molar-refractivity contribution in [1.29, 1.82) is 0 Å². The van der Waals surface area contributed by atoms with Crippen molar-refractivity contribution in [2.45, 2.75) is 20.3 Å². The van der Waals surface area contributed by atoms with E-state index in [1.165, 1.54) is 4.88 Å². The van der Waals surface area contributed by atoms with Gasteiger partial charge in [-0.3, -0.25) is 0 Å². The van der Waals surface area contributed by atoms with Crippen LogP contribution < -0.4 is 10.5 Å². The zero-order valence-electron chi connectivity index (χ0n) is 10.1. The zero-order valence-corrected chi connectivity index (χ0v) is 10.9. The molecular formula is C13H16N2OS. The topological polar surface area (TPSA) is 48.1 Å². The van der Waals surface area contributed by atoms with Crippen LogP contribution >= 0.6 is 11.3 Å². The second-order valence-corrected chi connectivity index (χ2v) is 5.11. The van der Waals surface area contributed by atoms with E-state index < -0.39 is 0 Å². The largest absolute Gasteiger partial charge is 0.491 e. The number of nitrogens with two attached hydrogens (primary N) is 1. The molecule has 0 amide bonds. The van der Waals surface area contributed by atoms with Crippen LogP contribution in [0.25, 0.3) is 10.6 Å². The fourth-order valence-corrected chi connectivity index (χ4v) is 2.27. The number of ether oxygens (including phenoxy) is 1. The highest BCUT2D eigenvalue weighted by atomic mass is 32.1. The van der Waals surface area contributed by atoms with Crippen molar-refractivity contribution in [3.63, 3.8) is 0 Å². The van der Waals surface area contributed by atoms with Gasteiger partial charge in [-0.2, -0.15) is 0 Å². The minimum Gasteiger partial charge on any atom is -0.491 e. The van der Waals surface area contributed by atoms with E-state index in [1.54, 1.807) is 11.3 Å². The van der Waals surface area contributed by atoms with Crippen molar-refractivity contribution in [3.8, 4) is 16.3 Å². The standard InChI is InChI=1S/C13H16N2OS/c1-3-6-16-12-5-4-10(7-11(12)14)13-15-8-9(2)17-13/h4-5,7-8H,3,6,14H2,1-2H3. The summed E-state index contributed by atoms with van der Waals surface area (Å²) >= 11 is 1.67. The number of rotatable bonds is 4. The van der Waals surface area contributed by atoms with Gasteiger partial charge in [-0.25, -0.2) is 4.98 Å². The van der Waals surface area contributed by atoms with Crippen LogP contribution in [-0.2, 0) is 0 Å². The number of hydrogen-bond acceptors (Lipinski definition) is 4. The van der Waals surface area contributed by atoms with E-state index in [0.29, 0.717) is 12.3 Å². The molecule has 4 heteroatoms. The molecule has 1 aromatic heterocycles. The normalized spacial score (nSPS) is 10.5. The smallest absolute Gasteiger partial charge is 0.142 e. The molecule has 1 heterocycles. The molecule has 0 fully saturated rings. The molecule has 0 radical (unpaired) electrons. The van der Waals surface area contributed by atoms with Gasteiger partial charge in [-0.15, -0.1) is 11.3 Å². The highest BCUT2D eigenvalue weighted by Crippen LogP contribution is 2.30. The van der Waals surface area contributed by atoms with Gasteiger partial charge < -0.3 is 10.5 Å². The Morgan fingerprint density at radius 2 is 2.24 bits per heavy atom. The lowest BCUT2D eigenvalue weighted by atomic mass is 10.2. The van der Waals surface area contributed by atoms with Gasteiger partial charge in [0.1, 0.15) is 10.8 Å². The van der Waals surface area contributed by atoms with Gasteiger partial charge in [0, 0.05) is 16.6 Å². The third-order valence-corrected chi connectivity index (χ3v) is 3.30. The van der Waals surface area contributed by atoms with Crippen molar-refractivity contribution in [2.75, 3.05) is 12.3 Å². The molecule has 2 aromatic rings. The first kappa shape index (κ1) is 11.9. The summed E-state index contributed by atoms with van der Waals surface area (Å²) in [7, 11) is 0. The zero-order chi connectivity index (χ0) is 12.3. The number of aryl methyl sites for hydroxylation is 1. The molecule has 1 aromatic carbocycles. The molecule has 0 unspecified atom stereocenters. The maximum Gasteiger partial charge on any atom is 0.142 e. The average molecular weight is 248 g/mol. The van der Waals surface area contributed by atoms with E-state index in [2.05, 4.69) is 11.9 Å². The third-order valence-electron chi connectivity index (χ3n) is 2.34. The Morgan fingerprint density at radius 1 is 1.41 bits per heavy atom. The number of hydrogen-bond donors (Lipinski definition) is 1. The molecule has 0 atom stereocenters. The highest BCUT2D eigenvalue weighted by Gasteiger charge is 2.06. The molecule has 0 spiro atoms. The summed E-state index contributed by atoms with van der Waals surface area (Å²) in [5.41, 5.74) is 7.67. The molecule has 0 aliphatic heterocycles. The Balaban J connectivity index is 2.24. The first-order chi connectivity index (χ1) is 8.20. The van der Waals surface area contributed by atoms with E-state index in [-0.39, 0.29) is 0 Å². The maximum absolute atomic E-state index is 5.96. The first-order valence-electron chi connectivity index (χ1n) is 5.66. The fourth-order valence-electron chi connectivity index (χ4n) is 1.51. The van der Waals surface area contributed by atoms with E-state index in [0.717, 1.165) is 22.7 Å². The van der Waals surface area contributed by atoms with Crippen LogP contribution in [0.2, 0.25) is 0 Å². The van der Waals surface area contributed by atoms with Crippen LogP contribution in [0.15, 0.2) is 24.4 Å². The molecule has 0 aliphatic rings. The molecule has 2 rings (SSSR count). The Hall–Kier alpha value is -1.55. The highest BCUT2D eigenvalue weighted by molar-refractivity contribution is 7.14. The summed E-state index contributed by atoms with van der Waals surface area (Å²) in [5.74, 6) is 0.754.